The predicted octanol–water partition coefficient (Wildman–Crippen LogP) is 2.16. The van der Waals surface area contributed by atoms with E-state index in [0.717, 1.165) is 11.1 Å². The molecule has 1 spiro atoms. The fraction of sp³-hybridized carbons (Fsp3) is 0.654. The number of hydrogen-bond acceptors (Lipinski definition) is 5. The van der Waals surface area contributed by atoms with E-state index >= 15 is 0 Å². The van der Waals surface area contributed by atoms with Crippen molar-refractivity contribution < 1.29 is 24.2 Å². The van der Waals surface area contributed by atoms with Gasteiger partial charge in [0.1, 0.15) is 11.6 Å². The largest absolute Gasteiger partial charge is 0.394 e. The number of rotatable bonds is 7. The van der Waals surface area contributed by atoms with E-state index < -0.39 is 35.1 Å². The molecule has 3 heterocycles. The van der Waals surface area contributed by atoms with Crippen molar-refractivity contribution in [2.75, 3.05) is 19.0 Å². The SMILES string of the molecule is CC[C@@]12CCC3(O1)C(C(=O)Nc1cc(C)ccc1C)N([C@@H](CO)C(C)C)C(=O)[C@@H]3[C@@H]2C(=O)NC. The number of amides is 3. The van der Waals surface area contributed by atoms with Crippen molar-refractivity contribution in [2.24, 2.45) is 17.8 Å². The third kappa shape index (κ3) is 3.37. The molecule has 4 rings (SSSR count). The van der Waals surface area contributed by atoms with Crippen LogP contribution in [0.3, 0.4) is 0 Å². The van der Waals surface area contributed by atoms with Crippen molar-refractivity contribution in [2.45, 2.75) is 77.2 Å². The first-order valence-electron chi connectivity index (χ1n) is 12.3. The minimum Gasteiger partial charge on any atom is -0.394 e. The Morgan fingerprint density at radius 2 is 1.94 bits per heavy atom. The van der Waals surface area contributed by atoms with Crippen LogP contribution in [0.2, 0.25) is 0 Å². The summed E-state index contributed by atoms with van der Waals surface area (Å²) in [6, 6.07) is 4.33. The van der Waals surface area contributed by atoms with E-state index in [1.165, 1.54) is 4.90 Å². The first kappa shape index (κ1) is 24.7. The number of nitrogens with one attached hydrogen (secondary N) is 2. The normalized spacial score (nSPS) is 32.8. The van der Waals surface area contributed by atoms with Crippen LogP contribution in [0.5, 0.6) is 0 Å². The van der Waals surface area contributed by atoms with Gasteiger partial charge in [-0.2, -0.15) is 0 Å². The second kappa shape index (κ2) is 8.64. The quantitative estimate of drug-likeness (QED) is 0.565. The van der Waals surface area contributed by atoms with E-state index in [9.17, 15) is 19.5 Å². The van der Waals surface area contributed by atoms with Gasteiger partial charge in [-0.3, -0.25) is 14.4 Å². The molecular formula is C26H37N3O5. The van der Waals surface area contributed by atoms with Crippen LogP contribution in [0.25, 0.3) is 0 Å². The highest BCUT2D eigenvalue weighted by atomic mass is 16.5. The molecule has 0 saturated carbocycles. The molecule has 1 aromatic carbocycles. The standard InChI is InChI=1S/C26H37N3O5/c1-7-25-10-11-26(34-25)20(19(25)22(31)27-6)24(33)29(18(13-30)14(2)3)21(26)23(32)28-17-12-15(4)8-9-16(17)5/h8-9,12,14,18-21,30H,7,10-11,13H2,1-6H3,(H,27,31)(H,28,32)/t18-,19+,20-,21?,25-,26?/m0/s1. The number of likely N-dealkylation sites (tertiary alicyclic amines) is 1. The molecule has 6 atom stereocenters. The Labute approximate surface area is 201 Å². The molecule has 3 saturated heterocycles. The summed E-state index contributed by atoms with van der Waals surface area (Å²) in [5, 5.41) is 16.0. The molecule has 8 heteroatoms. The number of aliphatic hydroxyl groups excluding tert-OH is 1. The average molecular weight is 472 g/mol. The molecule has 2 unspecified atom stereocenters. The third-order valence-corrected chi connectivity index (χ3v) is 8.36. The monoisotopic (exact) mass is 471 g/mol. The molecule has 1 aromatic rings. The molecule has 3 aliphatic rings. The van der Waals surface area contributed by atoms with Gasteiger partial charge < -0.3 is 25.4 Å². The van der Waals surface area contributed by atoms with E-state index in [-0.39, 0.29) is 30.2 Å². The number of nitrogens with zero attached hydrogens (tertiary/aromatic N) is 1. The molecule has 3 N–H and O–H groups in total. The Morgan fingerprint density at radius 3 is 2.53 bits per heavy atom. The van der Waals surface area contributed by atoms with Gasteiger partial charge in [0.15, 0.2) is 0 Å². The molecule has 186 valence electrons. The number of fused-ring (bicyclic) bond motifs is 1. The van der Waals surface area contributed by atoms with E-state index in [1.807, 2.05) is 52.8 Å². The van der Waals surface area contributed by atoms with Crippen molar-refractivity contribution in [3.8, 4) is 0 Å². The highest BCUT2D eigenvalue weighted by Gasteiger charge is 2.79. The van der Waals surface area contributed by atoms with Crippen molar-refractivity contribution >= 4 is 23.4 Å². The Bertz CT molecular complexity index is 1010. The maximum Gasteiger partial charge on any atom is 0.250 e. The molecule has 8 nitrogen and oxygen atoms in total. The smallest absolute Gasteiger partial charge is 0.250 e. The van der Waals surface area contributed by atoms with Crippen LogP contribution in [-0.2, 0) is 19.1 Å². The maximum absolute atomic E-state index is 14.0. The maximum atomic E-state index is 14.0. The average Bonchev–Trinajstić information content (AvgIpc) is 3.40. The van der Waals surface area contributed by atoms with Gasteiger partial charge in [0.25, 0.3) is 0 Å². The number of ether oxygens (including phenoxy) is 1. The summed E-state index contributed by atoms with van der Waals surface area (Å²) in [4.78, 5) is 42.6. The molecule has 2 bridgehead atoms. The Balaban J connectivity index is 1.83. The lowest BCUT2D eigenvalue weighted by Gasteiger charge is -2.38. The lowest BCUT2D eigenvalue weighted by molar-refractivity contribution is -0.150. The topological polar surface area (TPSA) is 108 Å². The van der Waals surface area contributed by atoms with Crippen LogP contribution in [0.4, 0.5) is 5.69 Å². The predicted molar refractivity (Wildman–Crippen MR) is 128 cm³/mol. The molecule has 3 fully saturated rings. The van der Waals surface area contributed by atoms with E-state index in [1.54, 1.807) is 7.05 Å². The lowest BCUT2D eigenvalue weighted by atomic mass is 9.65. The molecule has 0 radical (unpaired) electrons. The number of anilines is 1. The molecule has 3 amide bonds. The van der Waals surface area contributed by atoms with Crippen molar-refractivity contribution in [1.82, 2.24) is 10.2 Å². The van der Waals surface area contributed by atoms with E-state index in [2.05, 4.69) is 10.6 Å². The zero-order valence-electron chi connectivity index (χ0n) is 21.0. The summed E-state index contributed by atoms with van der Waals surface area (Å²) in [7, 11) is 1.57. The van der Waals surface area contributed by atoms with Gasteiger partial charge in [0.05, 0.1) is 30.1 Å². The summed E-state index contributed by atoms with van der Waals surface area (Å²) in [6.07, 6.45) is 1.70. The zero-order chi connectivity index (χ0) is 25.0. The summed E-state index contributed by atoms with van der Waals surface area (Å²) in [6.45, 7) is 9.40. The number of aliphatic hydroxyl groups is 1. The van der Waals surface area contributed by atoms with Crippen LogP contribution in [0, 0.1) is 31.6 Å². The van der Waals surface area contributed by atoms with Crippen LogP contribution in [0.1, 0.15) is 51.2 Å². The minimum atomic E-state index is -1.10. The third-order valence-electron chi connectivity index (χ3n) is 8.36. The molecule has 3 aliphatic heterocycles. The summed E-state index contributed by atoms with van der Waals surface area (Å²) >= 11 is 0. The Hall–Kier alpha value is -2.45. The van der Waals surface area contributed by atoms with Gasteiger partial charge in [0.2, 0.25) is 17.7 Å². The Morgan fingerprint density at radius 1 is 1.24 bits per heavy atom. The minimum absolute atomic E-state index is 0.0871. The van der Waals surface area contributed by atoms with Crippen LogP contribution in [-0.4, -0.2) is 64.7 Å². The molecule has 0 aliphatic carbocycles. The number of hydrogen-bond donors (Lipinski definition) is 3. The van der Waals surface area contributed by atoms with Crippen molar-refractivity contribution in [1.29, 1.82) is 0 Å². The molecular weight excluding hydrogens is 434 g/mol. The van der Waals surface area contributed by atoms with Crippen molar-refractivity contribution in [3.63, 3.8) is 0 Å². The lowest BCUT2D eigenvalue weighted by Crippen LogP contribution is -2.57. The van der Waals surface area contributed by atoms with Crippen molar-refractivity contribution in [3.05, 3.63) is 29.3 Å². The second-order valence-corrected chi connectivity index (χ2v) is 10.5. The van der Waals surface area contributed by atoms with Gasteiger partial charge in [-0.25, -0.2) is 0 Å². The van der Waals surface area contributed by atoms with Gasteiger partial charge in [-0.1, -0.05) is 32.9 Å². The molecule has 34 heavy (non-hydrogen) atoms. The fourth-order valence-electron chi connectivity index (χ4n) is 6.56. The van der Waals surface area contributed by atoms with E-state index in [0.29, 0.717) is 24.9 Å². The number of carbonyl (C=O) groups excluding carboxylic acids is 3. The van der Waals surface area contributed by atoms with E-state index in [4.69, 9.17) is 4.74 Å². The summed E-state index contributed by atoms with van der Waals surface area (Å²) < 4.78 is 6.69. The van der Waals surface area contributed by atoms with Crippen LogP contribution in [0.15, 0.2) is 18.2 Å². The van der Waals surface area contributed by atoms with Crippen LogP contribution < -0.4 is 10.6 Å². The molecule has 0 aromatic heterocycles. The van der Waals surface area contributed by atoms with Gasteiger partial charge in [-0.05, 0) is 56.2 Å². The Kier molecular flexibility index (Phi) is 6.27. The fourth-order valence-corrected chi connectivity index (χ4v) is 6.56. The zero-order valence-corrected chi connectivity index (χ0v) is 21.0. The van der Waals surface area contributed by atoms with Crippen LogP contribution >= 0.6 is 0 Å². The highest BCUT2D eigenvalue weighted by molar-refractivity contribution is 6.04. The summed E-state index contributed by atoms with van der Waals surface area (Å²) in [5.74, 6) is -2.37. The van der Waals surface area contributed by atoms with Gasteiger partial charge in [0, 0.05) is 12.7 Å². The summed E-state index contributed by atoms with van der Waals surface area (Å²) in [5.41, 5.74) is 0.735. The first-order chi connectivity index (χ1) is 16.1. The highest BCUT2D eigenvalue weighted by Crippen LogP contribution is 2.64. The first-order valence-corrected chi connectivity index (χ1v) is 12.3. The van der Waals surface area contributed by atoms with Gasteiger partial charge in [-0.15, -0.1) is 0 Å². The van der Waals surface area contributed by atoms with Gasteiger partial charge >= 0.3 is 0 Å². The number of carbonyl (C=O) groups is 3. The second-order valence-electron chi connectivity index (χ2n) is 10.5. The number of benzene rings is 1. The number of aryl methyl sites for hydroxylation is 2.